The first-order chi connectivity index (χ1) is 15.9. The molecule has 33 heavy (non-hydrogen) atoms. The number of carbonyl (C=O) groups is 1. The van der Waals surface area contributed by atoms with E-state index >= 15 is 0 Å². The number of aryl methyl sites for hydroxylation is 1. The summed E-state index contributed by atoms with van der Waals surface area (Å²) < 4.78 is 19.5. The highest BCUT2D eigenvalue weighted by Crippen LogP contribution is 2.40. The standard InChI is InChI=1S/C26H28FN3O3/c1-18(20-4-6-21(7-5-20)22-16-28-19(2)29-17-22)30-14-13-26(12-3-15-31,33-25(30)32)23-8-10-24(27)11-9-23/h4-11,16-18,31H,3,12-15H2,1-2H3/t18-,26?/m0/s1. The summed E-state index contributed by atoms with van der Waals surface area (Å²) in [5.74, 6) is 0.386. The molecule has 1 fully saturated rings. The summed E-state index contributed by atoms with van der Waals surface area (Å²) in [4.78, 5) is 23.3. The molecule has 0 bridgehead atoms. The summed E-state index contributed by atoms with van der Waals surface area (Å²) in [5.41, 5.74) is 2.83. The van der Waals surface area contributed by atoms with E-state index in [2.05, 4.69) is 9.97 Å². The Hall–Kier alpha value is -3.32. The molecule has 1 amide bonds. The van der Waals surface area contributed by atoms with E-state index in [1.165, 1.54) is 12.1 Å². The van der Waals surface area contributed by atoms with Gasteiger partial charge in [-0.05, 0) is 55.5 Å². The number of hydrogen-bond donors (Lipinski definition) is 1. The van der Waals surface area contributed by atoms with Crippen molar-refractivity contribution in [1.82, 2.24) is 14.9 Å². The zero-order valence-corrected chi connectivity index (χ0v) is 18.9. The molecule has 2 aromatic carbocycles. The molecule has 7 heteroatoms. The third-order valence-electron chi connectivity index (χ3n) is 6.36. The van der Waals surface area contributed by atoms with E-state index in [1.54, 1.807) is 29.4 Å². The van der Waals surface area contributed by atoms with Gasteiger partial charge in [0.2, 0.25) is 0 Å². The smallest absolute Gasteiger partial charge is 0.411 e. The van der Waals surface area contributed by atoms with E-state index in [4.69, 9.17) is 4.74 Å². The van der Waals surface area contributed by atoms with Gasteiger partial charge in [0.1, 0.15) is 17.2 Å². The van der Waals surface area contributed by atoms with Gasteiger partial charge in [-0.3, -0.25) is 0 Å². The highest BCUT2D eigenvalue weighted by molar-refractivity contribution is 5.70. The van der Waals surface area contributed by atoms with Gasteiger partial charge in [-0.15, -0.1) is 0 Å². The maximum absolute atomic E-state index is 13.5. The summed E-state index contributed by atoms with van der Waals surface area (Å²) in [6.07, 6.45) is 4.72. The second kappa shape index (κ2) is 9.67. The first kappa shape index (κ1) is 22.9. The van der Waals surface area contributed by atoms with E-state index in [0.717, 1.165) is 28.1 Å². The highest BCUT2D eigenvalue weighted by atomic mass is 19.1. The van der Waals surface area contributed by atoms with Crippen LogP contribution in [0.15, 0.2) is 60.9 Å². The van der Waals surface area contributed by atoms with Crippen molar-refractivity contribution in [2.24, 2.45) is 0 Å². The highest BCUT2D eigenvalue weighted by Gasteiger charge is 2.43. The number of amides is 1. The fourth-order valence-electron chi connectivity index (χ4n) is 4.34. The minimum absolute atomic E-state index is 0.00101. The van der Waals surface area contributed by atoms with Crippen molar-refractivity contribution >= 4 is 6.09 Å². The Kier molecular flexibility index (Phi) is 6.70. The molecular weight excluding hydrogens is 421 g/mol. The average Bonchev–Trinajstić information content (AvgIpc) is 2.83. The SMILES string of the molecule is Cc1ncc(-c2ccc([C@H](C)N3CCC(CCCO)(c4ccc(F)cc4)OC3=O)cc2)cn1. The molecular formula is C26H28FN3O3. The molecule has 1 N–H and O–H groups in total. The molecule has 4 rings (SSSR count). The van der Waals surface area contributed by atoms with E-state index in [9.17, 15) is 14.3 Å². The second-order valence-corrected chi connectivity index (χ2v) is 8.46. The molecule has 1 saturated heterocycles. The van der Waals surface area contributed by atoms with Crippen molar-refractivity contribution < 1.29 is 19.0 Å². The topological polar surface area (TPSA) is 75.6 Å². The van der Waals surface area contributed by atoms with Crippen LogP contribution in [0.4, 0.5) is 9.18 Å². The number of ether oxygens (including phenoxy) is 1. The van der Waals surface area contributed by atoms with Crippen molar-refractivity contribution in [2.45, 2.75) is 44.8 Å². The van der Waals surface area contributed by atoms with Crippen LogP contribution in [0.2, 0.25) is 0 Å². The van der Waals surface area contributed by atoms with Gasteiger partial charge in [-0.2, -0.15) is 0 Å². The first-order valence-electron chi connectivity index (χ1n) is 11.2. The fraction of sp³-hybridized carbons (Fsp3) is 0.346. The van der Waals surface area contributed by atoms with Crippen LogP contribution in [0.5, 0.6) is 0 Å². The monoisotopic (exact) mass is 449 g/mol. The Morgan fingerprint density at radius 3 is 2.36 bits per heavy atom. The number of aliphatic hydroxyl groups is 1. The van der Waals surface area contributed by atoms with Gasteiger partial charge in [-0.25, -0.2) is 19.2 Å². The van der Waals surface area contributed by atoms with Gasteiger partial charge in [0.15, 0.2) is 0 Å². The molecule has 1 aliphatic heterocycles. The van der Waals surface area contributed by atoms with Gasteiger partial charge in [0.05, 0.1) is 6.04 Å². The number of cyclic esters (lactones) is 1. The molecule has 3 aromatic rings. The van der Waals surface area contributed by atoms with Crippen LogP contribution in [0.3, 0.4) is 0 Å². The maximum Gasteiger partial charge on any atom is 0.411 e. The molecule has 0 saturated carbocycles. The molecule has 6 nitrogen and oxygen atoms in total. The van der Waals surface area contributed by atoms with Crippen molar-refractivity contribution in [3.05, 3.63) is 83.7 Å². The van der Waals surface area contributed by atoms with E-state index in [1.807, 2.05) is 38.1 Å². The van der Waals surface area contributed by atoms with Crippen LogP contribution in [0.25, 0.3) is 11.1 Å². The van der Waals surface area contributed by atoms with Crippen molar-refractivity contribution in [3.63, 3.8) is 0 Å². The van der Waals surface area contributed by atoms with Crippen molar-refractivity contribution in [1.29, 1.82) is 0 Å². The minimum atomic E-state index is -0.862. The van der Waals surface area contributed by atoms with Crippen molar-refractivity contribution in [3.8, 4) is 11.1 Å². The number of aromatic nitrogens is 2. The Bertz CT molecular complexity index is 1090. The predicted molar refractivity (Wildman–Crippen MR) is 123 cm³/mol. The lowest BCUT2D eigenvalue weighted by molar-refractivity contribution is -0.0680. The Morgan fingerprint density at radius 1 is 1.09 bits per heavy atom. The third kappa shape index (κ3) is 4.88. The van der Waals surface area contributed by atoms with E-state index < -0.39 is 11.7 Å². The van der Waals surface area contributed by atoms with Crippen LogP contribution >= 0.6 is 0 Å². The van der Waals surface area contributed by atoms with Gasteiger partial charge >= 0.3 is 6.09 Å². The number of aliphatic hydroxyl groups excluding tert-OH is 1. The number of benzene rings is 2. The fourth-order valence-corrected chi connectivity index (χ4v) is 4.34. The first-order valence-corrected chi connectivity index (χ1v) is 11.2. The van der Waals surface area contributed by atoms with Crippen LogP contribution in [-0.4, -0.2) is 39.2 Å². The molecule has 1 aromatic heterocycles. The Morgan fingerprint density at radius 2 is 1.76 bits per heavy atom. The zero-order valence-electron chi connectivity index (χ0n) is 18.9. The van der Waals surface area contributed by atoms with E-state index in [-0.39, 0.29) is 18.5 Å². The summed E-state index contributed by atoms with van der Waals surface area (Å²) in [7, 11) is 0. The molecule has 2 heterocycles. The quantitative estimate of drug-likeness (QED) is 0.539. The molecule has 0 spiro atoms. The molecule has 0 radical (unpaired) electrons. The normalized spacial score (nSPS) is 19.3. The Balaban J connectivity index is 1.50. The number of carbonyl (C=O) groups excluding carboxylic acids is 1. The number of halogens is 1. The number of hydrogen-bond acceptors (Lipinski definition) is 5. The lowest BCUT2D eigenvalue weighted by atomic mass is 9.84. The molecule has 1 unspecified atom stereocenters. The molecule has 1 aliphatic rings. The van der Waals surface area contributed by atoms with Crippen LogP contribution in [0, 0.1) is 12.7 Å². The molecule has 0 aliphatic carbocycles. The largest absolute Gasteiger partial charge is 0.438 e. The summed E-state index contributed by atoms with van der Waals surface area (Å²) >= 11 is 0. The van der Waals surface area contributed by atoms with Gasteiger partial charge < -0.3 is 14.7 Å². The minimum Gasteiger partial charge on any atom is -0.438 e. The Labute approximate surface area is 193 Å². The molecule has 2 atom stereocenters. The van der Waals surface area contributed by atoms with Crippen LogP contribution in [-0.2, 0) is 10.3 Å². The summed E-state index contributed by atoms with van der Waals surface area (Å²) in [5, 5.41) is 9.36. The van der Waals surface area contributed by atoms with Crippen LogP contribution in [0.1, 0.15) is 49.2 Å². The van der Waals surface area contributed by atoms with Gasteiger partial charge in [0.25, 0.3) is 0 Å². The van der Waals surface area contributed by atoms with Gasteiger partial charge in [-0.1, -0.05) is 36.4 Å². The number of rotatable bonds is 7. The third-order valence-corrected chi connectivity index (χ3v) is 6.36. The van der Waals surface area contributed by atoms with Gasteiger partial charge in [0, 0.05) is 37.5 Å². The summed E-state index contributed by atoms with van der Waals surface area (Å²) in [6, 6.07) is 13.9. The van der Waals surface area contributed by atoms with Crippen LogP contribution < -0.4 is 0 Å². The average molecular weight is 450 g/mol. The predicted octanol–water partition coefficient (Wildman–Crippen LogP) is 5.16. The van der Waals surface area contributed by atoms with E-state index in [0.29, 0.717) is 25.8 Å². The lowest BCUT2D eigenvalue weighted by Crippen LogP contribution is -2.48. The molecule has 172 valence electrons. The second-order valence-electron chi connectivity index (χ2n) is 8.46. The van der Waals surface area contributed by atoms with Crippen molar-refractivity contribution in [2.75, 3.05) is 13.2 Å². The number of nitrogens with zero attached hydrogens (tertiary/aromatic N) is 3. The zero-order chi connectivity index (χ0) is 23.4. The lowest BCUT2D eigenvalue weighted by Gasteiger charge is -2.43. The summed E-state index contributed by atoms with van der Waals surface area (Å²) in [6.45, 7) is 4.32. The maximum atomic E-state index is 13.5.